The van der Waals surface area contributed by atoms with E-state index in [4.69, 9.17) is 4.74 Å². The molecule has 0 saturated heterocycles. The first-order chi connectivity index (χ1) is 11.3. The fraction of sp³-hybridized carbons (Fsp3) is 0.273. The second-order valence-electron chi connectivity index (χ2n) is 5.20. The van der Waals surface area contributed by atoms with Crippen LogP contribution in [0, 0.1) is 23.7 Å². The Balaban J connectivity index is 2.24. The molecular weight excluding hydrogens is 280 g/mol. The summed E-state index contributed by atoms with van der Waals surface area (Å²) >= 11 is 0. The Morgan fingerprint density at radius 2 is 1.09 bits per heavy atom. The summed E-state index contributed by atoms with van der Waals surface area (Å²) in [5, 5.41) is 0. The van der Waals surface area contributed by atoms with Crippen molar-refractivity contribution in [2.24, 2.45) is 0 Å². The van der Waals surface area contributed by atoms with Crippen LogP contribution in [0.4, 0.5) is 0 Å². The van der Waals surface area contributed by atoms with Gasteiger partial charge < -0.3 is 4.74 Å². The van der Waals surface area contributed by atoms with Gasteiger partial charge in [-0.1, -0.05) is 60.7 Å². The minimum Gasteiger partial charge on any atom is -0.364 e. The van der Waals surface area contributed by atoms with Gasteiger partial charge in [0, 0.05) is 12.8 Å². The predicted octanol–water partition coefficient (Wildman–Crippen LogP) is 5.31. The van der Waals surface area contributed by atoms with Gasteiger partial charge in [0.05, 0.1) is 12.2 Å². The molecule has 1 nitrogen and oxygen atoms in total. The van der Waals surface area contributed by atoms with E-state index in [0.717, 1.165) is 11.1 Å². The Kier molecular flexibility index (Phi) is 6.99. The highest BCUT2D eigenvalue weighted by Crippen LogP contribution is 2.30. The largest absolute Gasteiger partial charge is 0.364 e. The summed E-state index contributed by atoms with van der Waals surface area (Å²) in [5.74, 6) is 12.2. The van der Waals surface area contributed by atoms with Gasteiger partial charge in [0.25, 0.3) is 0 Å². The summed E-state index contributed by atoms with van der Waals surface area (Å²) in [6, 6.07) is 20.6. The Hall–Kier alpha value is -2.48. The topological polar surface area (TPSA) is 9.23 Å². The molecule has 23 heavy (non-hydrogen) atoms. The van der Waals surface area contributed by atoms with E-state index in [0.29, 0.717) is 12.8 Å². The highest BCUT2D eigenvalue weighted by atomic mass is 16.5. The molecular formula is C22H22O. The van der Waals surface area contributed by atoms with Crippen LogP contribution in [0.25, 0.3) is 0 Å². The van der Waals surface area contributed by atoms with Crippen molar-refractivity contribution in [3.8, 4) is 23.7 Å². The van der Waals surface area contributed by atoms with Gasteiger partial charge >= 0.3 is 0 Å². The first-order valence-electron chi connectivity index (χ1n) is 7.89. The second-order valence-corrected chi connectivity index (χ2v) is 5.20. The fourth-order valence-electron chi connectivity index (χ4n) is 2.41. The highest BCUT2D eigenvalue weighted by molar-refractivity contribution is 5.22. The molecule has 0 bridgehead atoms. The van der Waals surface area contributed by atoms with Gasteiger partial charge in [-0.05, 0) is 25.0 Å². The third kappa shape index (κ3) is 5.33. The quantitative estimate of drug-likeness (QED) is 0.657. The van der Waals surface area contributed by atoms with Crippen LogP contribution < -0.4 is 0 Å². The van der Waals surface area contributed by atoms with Gasteiger partial charge in [0.1, 0.15) is 0 Å². The molecule has 2 unspecified atom stereocenters. The molecule has 0 aromatic heterocycles. The van der Waals surface area contributed by atoms with Crippen LogP contribution in [0.3, 0.4) is 0 Å². The maximum Gasteiger partial charge on any atom is 0.0942 e. The molecule has 2 aromatic carbocycles. The van der Waals surface area contributed by atoms with E-state index in [1.807, 2.05) is 50.2 Å². The first-order valence-corrected chi connectivity index (χ1v) is 7.89. The van der Waals surface area contributed by atoms with Crippen LogP contribution >= 0.6 is 0 Å². The molecule has 0 saturated carbocycles. The van der Waals surface area contributed by atoms with Gasteiger partial charge in [-0.15, -0.1) is 23.7 Å². The number of benzene rings is 2. The molecule has 0 amide bonds. The van der Waals surface area contributed by atoms with Gasteiger partial charge in [-0.25, -0.2) is 0 Å². The van der Waals surface area contributed by atoms with E-state index >= 15 is 0 Å². The van der Waals surface area contributed by atoms with Crippen LogP contribution in [0.5, 0.6) is 0 Å². The van der Waals surface area contributed by atoms with Crippen LogP contribution in [0.2, 0.25) is 0 Å². The maximum absolute atomic E-state index is 6.42. The van der Waals surface area contributed by atoms with Crippen molar-refractivity contribution in [2.45, 2.75) is 38.9 Å². The van der Waals surface area contributed by atoms with E-state index in [1.54, 1.807) is 0 Å². The molecule has 0 fully saturated rings. The molecule has 2 atom stereocenters. The molecule has 2 rings (SSSR count). The summed E-state index contributed by atoms with van der Waals surface area (Å²) in [6.45, 7) is 3.72. The molecule has 0 aliphatic heterocycles. The number of hydrogen-bond acceptors (Lipinski definition) is 1. The number of hydrogen-bond donors (Lipinski definition) is 0. The lowest BCUT2D eigenvalue weighted by Crippen LogP contribution is -2.10. The smallest absolute Gasteiger partial charge is 0.0942 e. The summed E-state index contributed by atoms with van der Waals surface area (Å²) in [7, 11) is 0. The van der Waals surface area contributed by atoms with Crippen molar-refractivity contribution in [1.29, 1.82) is 0 Å². The molecule has 2 aromatic rings. The summed E-state index contributed by atoms with van der Waals surface area (Å²) in [4.78, 5) is 0. The molecule has 0 heterocycles. The minimum atomic E-state index is -0.0486. The molecule has 0 aliphatic rings. The number of rotatable bonds is 6. The molecule has 0 radical (unpaired) electrons. The average molecular weight is 302 g/mol. The van der Waals surface area contributed by atoms with Gasteiger partial charge in [-0.2, -0.15) is 0 Å². The van der Waals surface area contributed by atoms with Crippen molar-refractivity contribution in [1.82, 2.24) is 0 Å². The molecule has 1 heteroatoms. The zero-order valence-corrected chi connectivity index (χ0v) is 13.8. The van der Waals surface area contributed by atoms with E-state index in [9.17, 15) is 0 Å². The molecule has 116 valence electrons. The molecule has 0 spiro atoms. The first kappa shape index (κ1) is 16.9. The van der Waals surface area contributed by atoms with Gasteiger partial charge in [0.2, 0.25) is 0 Å². The summed E-state index contributed by atoms with van der Waals surface area (Å²) in [5.41, 5.74) is 2.31. The minimum absolute atomic E-state index is 0.0486. The zero-order valence-electron chi connectivity index (χ0n) is 13.8. The Morgan fingerprint density at radius 1 is 0.696 bits per heavy atom. The van der Waals surface area contributed by atoms with Crippen LogP contribution in [-0.4, -0.2) is 0 Å². The van der Waals surface area contributed by atoms with Crippen LogP contribution in [-0.2, 0) is 4.74 Å². The fourth-order valence-corrected chi connectivity index (χ4v) is 2.41. The highest BCUT2D eigenvalue weighted by Gasteiger charge is 2.18. The van der Waals surface area contributed by atoms with Crippen molar-refractivity contribution < 1.29 is 4.74 Å². The van der Waals surface area contributed by atoms with Crippen LogP contribution in [0.1, 0.15) is 50.0 Å². The summed E-state index contributed by atoms with van der Waals surface area (Å²) in [6.07, 6.45) is 1.27. The predicted molar refractivity (Wildman–Crippen MR) is 95.6 cm³/mol. The monoisotopic (exact) mass is 302 g/mol. The lowest BCUT2D eigenvalue weighted by atomic mass is 10.0. The third-order valence-electron chi connectivity index (χ3n) is 3.60. The van der Waals surface area contributed by atoms with Crippen molar-refractivity contribution in [2.75, 3.05) is 0 Å². The van der Waals surface area contributed by atoms with Crippen molar-refractivity contribution in [3.63, 3.8) is 0 Å². The van der Waals surface area contributed by atoms with Crippen LogP contribution in [0.15, 0.2) is 60.7 Å². The normalized spacial score (nSPS) is 12.3. The average Bonchev–Trinajstić information content (AvgIpc) is 2.62. The Morgan fingerprint density at radius 3 is 1.43 bits per heavy atom. The van der Waals surface area contributed by atoms with E-state index in [1.165, 1.54) is 0 Å². The van der Waals surface area contributed by atoms with E-state index < -0.39 is 0 Å². The lowest BCUT2D eigenvalue weighted by Gasteiger charge is -2.23. The maximum atomic E-state index is 6.42. The van der Waals surface area contributed by atoms with Crippen molar-refractivity contribution in [3.05, 3.63) is 71.8 Å². The SMILES string of the molecule is CC#CCC(OC(CC#CC)c1ccccc1)c1ccccc1. The Labute approximate surface area is 139 Å². The standard InChI is InChI=1S/C22H22O/c1-3-5-17-21(19-13-9-7-10-14-19)23-22(18-6-4-2)20-15-11-8-12-16-20/h7-16,21-22H,17-18H2,1-2H3. The van der Waals surface area contributed by atoms with Crippen molar-refractivity contribution >= 4 is 0 Å². The molecule has 0 aliphatic carbocycles. The third-order valence-corrected chi connectivity index (χ3v) is 3.60. The Bertz CT molecular complexity index is 632. The van der Waals surface area contributed by atoms with Gasteiger partial charge in [-0.3, -0.25) is 0 Å². The van der Waals surface area contributed by atoms with E-state index in [-0.39, 0.29) is 12.2 Å². The zero-order chi connectivity index (χ0) is 16.3. The molecule has 0 N–H and O–H groups in total. The van der Waals surface area contributed by atoms with E-state index in [2.05, 4.69) is 47.9 Å². The number of ether oxygens (including phenoxy) is 1. The second kappa shape index (κ2) is 9.52. The lowest BCUT2D eigenvalue weighted by molar-refractivity contribution is -0.00979. The summed E-state index contributed by atoms with van der Waals surface area (Å²) < 4.78 is 6.42. The van der Waals surface area contributed by atoms with Gasteiger partial charge in [0.15, 0.2) is 0 Å².